The minimum atomic E-state index is -0.0526. The lowest BCUT2D eigenvalue weighted by Gasteiger charge is -2.34. The Bertz CT molecular complexity index is 1110. The minimum absolute atomic E-state index is 0.00318. The van der Waals surface area contributed by atoms with E-state index >= 15 is 0 Å². The molecule has 0 radical (unpaired) electrons. The van der Waals surface area contributed by atoms with Crippen molar-refractivity contribution in [2.24, 2.45) is 0 Å². The number of aromatic nitrogens is 2. The fraction of sp³-hybridized carbons (Fsp3) is 0.375. The number of hydrogen-bond donors (Lipinski definition) is 0. The molecule has 31 heavy (non-hydrogen) atoms. The smallest absolute Gasteiger partial charge is 0.260 e. The SMILES string of the molecule is O=C(COc1ccc2ccccc2c1)N1CCN(C(=O)c2cnn3c2CCCC3)CC1. The van der Waals surface area contributed by atoms with E-state index in [-0.39, 0.29) is 18.4 Å². The molecule has 3 aromatic rings. The fourth-order valence-corrected chi connectivity index (χ4v) is 4.42. The normalized spacial score (nSPS) is 16.3. The van der Waals surface area contributed by atoms with Gasteiger partial charge >= 0.3 is 0 Å². The van der Waals surface area contributed by atoms with Crippen LogP contribution in [0.15, 0.2) is 48.7 Å². The summed E-state index contributed by atoms with van der Waals surface area (Å²) in [4.78, 5) is 29.2. The highest BCUT2D eigenvalue weighted by molar-refractivity contribution is 5.95. The van der Waals surface area contributed by atoms with Gasteiger partial charge in [0.2, 0.25) is 0 Å². The minimum Gasteiger partial charge on any atom is -0.484 e. The predicted molar refractivity (Wildman–Crippen MR) is 117 cm³/mol. The van der Waals surface area contributed by atoms with E-state index in [1.54, 1.807) is 11.1 Å². The lowest BCUT2D eigenvalue weighted by atomic mass is 10.1. The fourth-order valence-electron chi connectivity index (χ4n) is 4.42. The van der Waals surface area contributed by atoms with Crippen LogP contribution < -0.4 is 4.74 Å². The van der Waals surface area contributed by atoms with Crippen LogP contribution in [-0.4, -0.2) is 64.2 Å². The lowest BCUT2D eigenvalue weighted by Crippen LogP contribution is -2.51. The van der Waals surface area contributed by atoms with Crippen LogP contribution in [0.4, 0.5) is 0 Å². The average molecular weight is 418 g/mol. The molecule has 1 aromatic heterocycles. The first kappa shape index (κ1) is 19.6. The number of rotatable bonds is 4. The van der Waals surface area contributed by atoms with E-state index in [1.165, 1.54) is 0 Å². The summed E-state index contributed by atoms with van der Waals surface area (Å²) >= 11 is 0. The van der Waals surface area contributed by atoms with Crippen LogP contribution >= 0.6 is 0 Å². The Morgan fingerprint density at radius 1 is 0.903 bits per heavy atom. The molecule has 0 saturated carbocycles. The standard InChI is InChI=1S/C24H26N4O3/c29-23(17-31-20-9-8-18-5-1-2-6-19(18)15-20)26-11-13-27(14-12-26)24(30)21-16-25-28-10-4-3-7-22(21)28/h1-2,5-6,8-9,15-16H,3-4,7,10-14,17H2. The summed E-state index contributed by atoms with van der Waals surface area (Å²) in [6.07, 6.45) is 4.83. The van der Waals surface area contributed by atoms with Gasteiger partial charge in [0.1, 0.15) is 5.75 Å². The van der Waals surface area contributed by atoms with Gasteiger partial charge in [-0.3, -0.25) is 14.3 Å². The van der Waals surface area contributed by atoms with Crippen molar-refractivity contribution >= 4 is 22.6 Å². The highest BCUT2D eigenvalue weighted by atomic mass is 16.5. The molecular formula is C24H26N4O3. The second kappa shape index (κ2) is 8.41. The van der Waals surface area contributed by atoms with Gasteiger partial charge in [-0.25, -0.2) is 0 Å². The molecular weight excluding hydrogens is 392 g/mol. The number of fused-ring (bicyclic) bond motifs is 2. The van der Waals surface area contributed by atoms with E-state index in [4.69, 9.17) is 4.74 Å². The summed E-state index contributed by atoms with van der Waals surface area (Å²) in [5.74, 6) is 0.665. The van der Waals surface area contributed by atoms with Crippen LogP contribution in [0, 0.1) is 0 Å². The molecule has 7 nitrogen and oxygen atoms in total. The van der Waals surface area contributed by atoms with Crippen molar-refractivity contribution in [2.75, 3.05) is 32.8 Å². The topological polar surface area (TPSA) is 67.7 Å². The van der Waals surface area contributed by atoms with Gasteiger partial charge in [-0.1, -0.05) is 30.3 Å². The van der Waals surface area contributed by atoms with Gasteiger partial charge in [0.05, 0.1) is 17.5 Å². The van der Waals surface area contributed by atoms with Gasteiger partial charge in [-0.05, 0) is 42.2 Å². The molecule has 0 aliphatic carbocycles. The summed E-state index contributed by atoms with van der Waals surface area (Å²) in [7, 11) is 0. The number of amides is 2. The Kier molecular flexibility index (Phi) is 5.32. The molecule has 5 rings (SSSR count). The first-order chi connectivity index (χ1) is 15.2. The molecule has 7 heteroatoms. The monoisotopic (exact) mass is 418 g/mol. The van der Waals surface area contributed by atoms with Crippen molar-refractivity contribution < 1.29 is 14.3 Å². The molecule has 1 fully saturated rings. The maximum atomic E-state index is 13.0. The molecule has 0 N–H and O–H groups in total. The highest BCUT2D eigenvalue weighted by Gasteiger charge is 2.28. The number of nitrogens with zero attached hydrogens (tertiary/aromatic N) is 4. The third kappa shape index (κ3) is 4.00. The third-order valence-electron chi connectivity index (χ3n) is 6.22. The highest BCUT2D eigenvalue weighted by Crippen LogP contribution is 2.22. The van der Waals surface area contributed by atoms with E-state index in [0.717, 1.165) is 47.8 Å². The number of benzene rings is 2. The van der Waals surface area contributed by atoms with Crippen LogP contribution in [0.5, 0.6) is 5.75 Å². The summed E-state index contributed by atoms with van der Waals surface area (Å²) in [5.41, 5.74) is 1.78. The Morgan fingerprint density at radius 2 is 1.68 bits per heavy atom. The molecule has 2 aliphatic rings. The van der Waals surface area contributed by atoms with E-state index in [0.29, 0.717) is 31.9 Å². The van der Waals surface area contributed by atoms with Crippen molar-refractivity contribution in [3.63, 3.8) is 0 Å². The largest absolute Gasteiger partial charge is 0.484 e. The van der Waals surface area contributed by atoms with Gasteiger partial charge < -0.3 is 14.5 Å². The number of piperazine rings is 1. The number of carbonyl (C=O) groups is 2. The predicted octanol–water partition coefficient (Wildman–Crippen LogP) is 2.74. The lowest BCUT2D eigenvalue weighted by molar-refractivity contribution is -0.134. The molecule has 2 amide bonds. The first-order valence-corrected chi connectivity index (χ1v) is 10.9. The number of aryl methyl sites for hydroxylation is 1. The van der Waals surface area contributed by atoms with Crippen LogP contribution in [0.2, 0.25) is 0 Å². The third-order valence-corrected chi connectivity index (χ3v) is 6.22. The molecule has 2 aliphatic heterocycles. The summed E-state index contributed by atoms with van der Waals surface area (Å²) in [6.45, 7) is 3.01. The molecule has 0 bridgehead atoms. The van der Waals surface area contributed by atoms with Gasteiger partial charge in [0, 0.05) is 32.7 Å². The Balaban J connectivity index is 1.15. The molecule has 160 valence electrons. The van der Waals surface area contributed by atoms with Gasteiger partial charge in [-0.15, -0.1) is 0 Å². The zero-order chi connectivity index (χ0) is 21.2. The van der Waals surface area contributed by atoms with Crippen LogP contribution in [0.1, 0.15) is 28.9 Å². The van der Waals surface area contributed by atoms with Crippen molar-refractivity contribution in [2.45, 2.75) is 25.8 Å². The number of carbonyl (C=O) groups excluding carboxylic acids is 2. The van der Waals surface area contributed by atoms with Crippen molar-refractivity contribution in [1.29, 1.82) is 0 Å². The maximum absolute atomic E-state index is 13.0. The van der Waals surface area contributed by atoms with Crippen molar-refractivity contribution in [3.8, 4) is 5.75 Å². The zero-order valence-corrected chi connectivity index (χ0v) is 17.5. The molecule has 1 saturated heterocycles. The van der Waals surface area contributed by atoms with Gasteiger partial charge in [-0.2, -0.15) is 5.10 Å². The Morgan fingerprint density at radius 3 is 2.52 bits per heavy atom. The molecule has 2 aromatic carbocycles. The molecule has 0 spiro atoms. The van der Waals surface area contributed by atoms with Crippen molar-refractivity contribution in [3.05, 3.63) is 59.9 Å². The van der Waals surface area contributed by atoms with E-state index < -0.39 is 0 Å². The summed E-state index contributed by atoms with van der Waals surface area (Å²) in [5, 5.41) is 6.60. The molecule has 0 atom stereocenters. The number of ether oxygens (including phenoxy) is 1. The second-order valence-electron chi connectivity index (χ2n) is 8.16. The van der Waals surface area contributed by atoms with Gasteiger partial charge in [0.25, 0.3) is 11.8 Å². The van der Waals surface area contributed by atoms with Gasteiger partial charge in [0.15, 0.2) is 6.61 Å². The van der Waals surface area contributed by atoms with E-state index in [9.17, 15) is 9.59 Å². The van der Waals surface area contributed by atoms with Crippen LogP contribution in [0.3, 0.4) is 0 Å². The maximum Gasteiger partial charge on any atom is 0.260 e. The van der Waals surface area contributed by atoms with Crippen molar-refractivity contribution in [1.82, 2.24) is 19.6 Å². The summed E-state index contributed by atoms with van der Waals surface area (Å²) < 4.78 is 7.70. The summed E-state index contributed by atoms with van der Waals surface area (Å²) in [6, 6.07) is 13.9. The zero-order valence-electron chi connectivity index (χ0n) is 17.5. The average Bonchev–Trinajstić information content (AvgIpc) is 3.26. The van der Waals surface area contributed by atoms with Crippen LogP contribution in [0.25, 0.3) is 10.8 Å². The Hall–Kier alpha value is -3.35. The molecule has 3 heterocycles. The second-order valence-corrected chi connectivity index (χ2v) is 8.16. The van der Waals surface area contributed by atoms with E-state index in [2.05, 4.69) is 5.10 Å². The molecule has 0 unspecified atom stereocenters. The number of hydrogen-bond acceptors (Lipinski definition) is 4. The van der Waals surface area contributed by atoms with E-state index in [1.807, 2.05) is 52.0 Å². The Labute approximate surface area is 181 Å². The quantitative estimate of drug-likeness (QED) is 0.653. The van der Waals surface area contributed by atoms with Crippen LogP contribution in [-0.2, 0) is 17.8 Å². The first-order valence-electron chi connectivity index (χ1n) is 10.9.